The highest BCUT2D eigenvalue weighted by molar-refractivity contribution is 6.29. The molecular formula is C46H26N4O. The van der Waals surface area contributed by atoms with Crippen LogP contribution >= 0.6 is 0 Å². The van der Waals surface area contributed by atoms with Crippen molar-refractivity contribution in [3.05, 3.63) is 158 Å². The van der Waals surface area contributed by atoms with Crippen LogP contribution in [0.2, 0.25) is 0 Å². The van der Waals surface area contributed by atoms with Crippen molar-refractivity contribution in [1.29, 1.82) is 0 Å². The average molecular weight is 651 g/mol. The van der Waals surface area contributed by atoms with Gasteiger partial charge in [-0.25, -0.2) is 9.97 Å². The zero-order valence-corrected chi connectivity index (χ0v) is 27.2. The standard InChI is InChI=1S/C46H26N4O/c1-2-11-27(12-3-1)49-38-18-8-5-14-34(38)42-31-22-24-32-29(28(31)25-26-39(42)49)21-23-33-30-13-4-7-17-37(30)50(45(32)33)46-47-36-16-10-20-41-43(36)44(48-46)35-15-6-9-19-40(35)51-41/h1-26H. The van der Waals surface area contributed by atoms with Crippen molar-refractivity contribution >= 4 is 76.1 Å². The molecule has 3 aromatic heterocycles. The molecule has 0 spiro atoms. The molecule has 0 atom stereocenters. The lowest BCUT2D eigenvalue weighted by molar-refractivity contribution is 0.486. The minimum Gasteiger partial charge on any atom is -0.456 e. The molecule has 5 heteroatoms. The van der Waals surface area contributed by atoms with Crippen LogP contribution in [-0.4, -0.2) is 19.1 Å². The summed E-state index contributed by atoms with van der Waals surface area (Å²) in [6.45, 7) is 0. The van der Waals surface area contributed by atoms with Gasteiger partial charge >= 0.3 is 0 Å². The highest BCUT2D eigenvalue weighted by Gasteiger charge is 2.25. The predicted octanol–water partition coefficient (Wildman–Crippen LogP) is 11.9. The van der Waals surface area contributed by atoms with Gasteiger partial charge < -0.3 is 9.30 Å². The molecule has 1 aliphatic heterocycles. The second-order valence-corrected chi connectivity index (χ2v) is 13.3. The van der Waals surface area contributed by atoms with Crippen LogP contribution < -0.4 is 4.74 Å². The van der Waals surface area contributed by atoms with Crippen LogP contribution in [0.5, 0.6) is 11.5 Å². The Morgan fingerprint density at radius 1 is 0.392 bits per heavy atom. The normalized spacial score (nSPS) is 12.5. The van der Waals surface area contributed by atoms with E-state index in [9.17, 15) is 0 Å². The van der Waals surface area contributed by atoms with Gasteiger partial charge in [-0.15, -0.1) is 0 Å². The third kappa shape index (κ3) is 3.54. The summed E-state index contributed by atoms with van der Waals surface area (Å²) in [7, 11) is 0. The van der Waals surface area contributed by atoms with Crippen molar-refractivity contribution in [3.63, 3.8) is 0 Å². The van der Waals surface area contributed by atoms with E-state index >= 15 is 0 Å². The van der Waals surface area contributed by atoms with Crippen LogP contribution in [-0.2, 0) is 0 Å². The van der Waals surface area contributed by atoms with Crippen molar-refractivity contribution in [2.24, 2.45) is 0 Å². The number of hydrogen-bond donors (Lipinski definition) is 0. The Morgan fingerprint density at radius 3 is 1.92 bits per heavy atom. The van der Waals surface area contributed by atoms with Crippen LogP contribution in [0.25, 0.3) is 99.0 Å². The summed E-state index contributed by atoms with van der Waals surface area (Å²) in [6, 6.07) is 56.0. The third-order valence-corrected chi connectivity index (χ3v) is 10.7. The maximum Gasteiger partial charge on any atom is 0.235 e. The van der Waals surface area contributed by atoms with E-state index in [0.29, 0.717) is 5.95 Å². The molecule has 0 saturated heterocycles. The maximum absolute atomic E-state index is 6.31. The third-order valence-electron chi connectivity index (χ3n) is 10.7. The van der Waals surface area contributed by atoms with Crippen molar-refractivity contribution in [1.82, 2.24) is 19.1 Å². The number of benzene rings is 8. The van der Waals surface area contributed by atoms with Gasteiger partial charge in [-0.3, -0.25) is 4.57 Å². The Bertz CT molecular complexity index is 3280. The van der Waals surface area contributed by atoms with E-state index in [4.69, 9.17) is 14.7 Å². The van der Waals surface area contributed by atoms with E-state index in [1.54, 1.807) is 0 Å². The van der Waals surface area contributed by atoms with Gasteiger partial charge in [0.15, 0.2) is 0 Å². The number of ether oxygens (including phenoxy) is 1. The van der Waals surface area contributed by atoms with E-state index < -0.39 is 0 Å². The SMILES string of the molecule is c1ccc(-n2c3ccccc3c3c4ccc5c(ccc6c7ccccc7n(-c7nc8c9c(cccc9n7)Oc7ccccc7-8)c56)c4ccc32)cc1. The second-order valence-electron chi connectivity index (χ2n) is 13.3. The number of rotatable bonds is 2. The first-order valence-corrected chi connectivity index (χ1v) is 17.3. The van der Waals surface area contributed by atoms with E-state index in [2.05, 4.69) is 137 Å². The minimum absolute atomic E-state index is 0.645. The summed E-state index contributed by atoms with van der Waals surface area (Å²) in [5, 5.41) is 10.6. The van der Waals surface area contributed by atoms with E-state index in [-0.39, 0.29) is 0 Å². The monoisotopic (exact) mass is 650 g/mol. The fraction of sp³-hybridized carbons (Fsp3) is 0. The van der Waals surface area contributed by atoms with Gasteiger partial charge in [0, 0.05) is 38.2 Å². The average Bonchev–Trinajstić information content (AvgIpc) is 3.71. The molecule has 0 radical (unpaired) electrons. The first kappa shape index (κ1) is 26.9. The Kier molecular flexibility index (Phi) is 5.17. The number of aromatic nitrogens is 4. The van der Waals surface area contributed by atoms with E-state index in [0.717, 1.165) is 55.8 Å². The summed E-state index contributed by atoms with van der Waals surface area (Å²) in [6.07, 6.45) is 0. The topological polar surface area (TPSA) is 44.9 Å². The zero-order chi connectivity index (χ0) is 33.2. The molecule has 0 fully saturated rings. The molecular weight excluding hydrogens is 625 g/mol. The van der Waals surface area contributed by atoms with Crippen LogP contribution in [0.4, 0.5) is 0 Å². The van der Waals surface area contributed by atoms with Crippen LogP contribution in [0.1, 0.15) is 0 Å². The fourth-order valence-electron chi connectivity index (χ4n) is 8.60. The lowest BCUT2D eigenvalue weighted by atomic mass is 9.96. The molecule has 0 saturated carbocycles. The summed E-state index contributed by atoms with van der Waals surface area (Å²) in [5.74, 6) is 2.24. The second kappa shape index (κ2) is 9.80. The van der Waals surface area contributed by atoms with Gasteiger partial charge in [0.05, 0.1) is 38.7 Å². The van der Waals surface area contributed by atoms with Crippen LogP contribution in [0, 0.1) is 0 Å². The van der Waals surface area contributed by atoms with E-state index in [1.807, 2.05) is 30.3 Å². The van der Waals surface area contributed by atoms with Gasteiger partial charge in [0.2, 0.25) is 5.95 Å². The molecule has 0 amide bonds. The summed E-state index contributed by atoms with van der Waals surface area (Å²) >= 11 is 0. The highest BCUT2D eigenvalue weighted by Crippen LogP contribution is 2.46. The molecule has 12 rings (SSSR count). The molecule has 8 aromatic carbocycles. The summed E-state index contributed by atoms with van der Waals surface area (Å²) < 4.78 is 11.0. The van der Waals surface area contributed by atoms with E-state index in [1.165, 1.54) is 48.7 Å². The van der Waals surface area contributed by atoms with Crippen LogP contribution in [0.15, 0.2) is 158 Å². The smallest absolute Gasteiger partial charge is 0.235 e. The zero-order valence-electron chi connectivity index (χ0n) is 27.2. The Hall–Kier alpha value is -6.98. The quantitative estimate of drug-likeness (QED) is 0.175. The van der Waals surface area contributed by atoms with Gasteiger partial charge in [0.25, 0.3) is 0 Å². The number of fused-ring (bicyclic) bond motifs is 13. The highest BCUT2D eigenvalue weighted by atomic mass is 16.5. The largest absolute Gasteiger partial charge is 0.456 e. The van der Waals surface area contributed by atoms with Gasteiger partial charge in [0.1, 0.15) is 11.5 Å². The molecule has 51 heavy (non-hydrogen) atoms. The van der Waals surface area contributed by atoms with Gasteiger partial charge in [-0.2, -0.15) is 0 Å². The Balaban J connectivity index is 1.20. The molecule has 5 nitrogen and oxygen atoms in total. The molecule has 0 unspecified atom stereocenters. The van der Waals surface area contributed by atoms with Crippen LogP contribution in [0.3, 0.4) is 0 Å². The summed E-state index contributed by atoms with van der Waals surface area (Å²) in [5.41, 5.74) is 8.46. The minimum atomic E-state index is 0.645. The van der Waals surface area contributed by atoms with Gasteiger partial charge in [-0.05, 0) is 70.8 Å². The molecule has 4 heterocycles. The van der Waals surface area contributed by atoms with Gasteiger partial charge in [-0.1, -0.05) is 103 Å². The first-order chi connectivity index (χ1) is 25.3. The van der Waals surface area contributed by atoms with Crippen molar-refractivity contribution in [2.75, 3.05) is 0 Å². The molecule has 0 aliphatic carbocycles. The fourth-order valence-corrected chi connectivity index (χ4v) is 8.60. The molecule has 0 N–H and O–H groups in total. The Morgan fingerprint density at radius 2 is 1.04 bits per heavy atom. The molecule has 0 bridgehead atoms. The maximum atomic E-state index is 6.31. The Labute approximate surface area is 291 Å². The van der Waals surface area contributed by atoms with Crippen molar-refractivity contribution in [2.45, 2.75) is 0 Å². The number of nitrogens with zero attached hydrogens (tertiary/aromatic N) is 4. The predicted molar refractivity (Wildman–Crippen MR) is 209 cm³/mol. The number of para-hydroxylation sites is 4. The molecule has 11 aromatic rings. The van der Waals surface area contributed by atoms with Crippen molar-refractivity contribution in [3.8, 4) is 34.4 Å². The lowest BCUT2D eigenvalue weighted by Gasteiger charge is -2.21. The summed E-state index contributed by atoms with van der Waals surface area (Å²) in [4.78, 5) is 10.6. The molecule has 1 aliphatic rings. The lowest BCUT2D eigenvalue weighted by Crippen LogP contribution is -2.06. The molecule has 236 valence electrons. The van der Waals surface area contributed by atoms with Crippen molar-refractivity contribution < 1.29 is 4.74 Å². The number of hydrogen-bond acceptors (Lipinski definition) is 3. The first-order valence-electron chi connectivity index (χ1n) is 17.3.